The van der Waals surface area contributed by atoms with Crippen molar-refractivity contribution in [2.24, 2.45) is 17.8 Å². The number of hydrogen-bond acceptors (Lipinski definition) is 0. The first kappa shape index (κ1) is 16.4. The number of fused-ring (bicyclic) bond motifs is 6. The van der Waals surface area contributed by atoms with E-state index in [-0.39, 0.29) is 5.41 Å². The average molecular weight is 343 g/mol. The number of benzene rings is 2. The second-order valence-electron chi connectivity index (χ2n) is 9.07. The zero-order valence-electron chi connectivity index (χ0n) is 16.8. The first-order valence-corrected chi connectivity index (χ1v) is 10.5. The van der Waals surface area contributed by atoms with Crippen LogP contribution in [0.15, 0.2) is 48.0 Å². The summed E-state index contributed by atoms with van der Waals surface area (Å²) < 4.78 is 0. The molecule has 0 amide bonds. The Morgan fingerprint density at radius 2 is 1.69 bits per heavy atom. The molecular weight excluding hydrogens is 312 g/mol. The fourth-order valence-corrected chi connectivity index (χ4v) is 6.49. The van der Waals surface area contributed by atoms with Crippen LogP contribution in [-0.4, -0.2) is 0 Å². The minimum absolute atomic E-state index is 0.107. The molecule has 0 heterocycles. The molecule has 0 aromatic heterocycles. The van der Waals surface area contributed by atoms with Gasteiger partial charge in [-0.15, -0.1) is 0 Å². The molecule has 1 unspecified atom stereocenters. The molecule has 134 valence electrons. The van der Waals surface area contributed by atoms with Crippen molar-refractivity contribution in [3.05, 3.63) is 75.9 Å². The van der Waals surface area contributed by atoms with Crippen molar-refractivity contribution in [2.75, 3.05) is 0 Å². The molecule has 0 fully saturated rings. The highest BCUT2D eigenvalue weighted by Gasteiger charge is 2.59. The van der Waals surface area contributed by atoms with Crippen molar-refractivity contribution in [3.8, 4) is 0 Å². The van der Waals surface area contributed by atoms with E-state index in [1.165, 1.54) is 12.0 Å². The van der Waals surface area contributed by atoms with E-state index in [1.54, 1.807) is 33.4 Å². The lowest BCUT2D eigenvalue weighted by atomic mass is 9.63. The fraction of sp³-hybridized carbons (Fsp3) is 0.462. The summed E-state index contributed by atoms with van der Waals surface area (Å²) in [6.45, 7) is 12.2. The largest absolute Gasteiger partial charge is 0.0619 e. The van der Waals surface area contributed by atoms with Crippen LogP contribution in [0.25, 0.3) is 5.57 Å². The van der Waals surface area contributed by atoms with Gasteiger partial charge in [0.15, 0.2) is 0 Å². The molecule has 5 atom stereocenters. The van der Waals surface area contributed by atoms with Gasteiger partial charge in [0.1, 0.15) is 0 Å². The van der Waals surface area contributed by atoms with Crippen molar-refractivity contribution < 1.29 is 0 Å². The van der Waals surface area contributed by atoms with Crippen LogP contribution in [-0.2, 0) is 11.8 Å². The highest BCUT2D eigenvalue weighted by Crippen LogP contribution is 2.67. The number of allylic oxidation sites excluding steroid dienone is 2. The highest BCUT2D eigenvalue weighted by atomic mass is 14.6. The second-order valence-corrected chi connectivity index (χ2v) is 9.07. The summed E-state index contributed by atoms with van der Waals surface area (Å²) in [5.74, 6) is 2.65. The first-order chi connectivity index (χ1) is 12.5. The van der Waals surface area contributed by atoms with E-state index < -0.39 is 0 Å². The van der Waals surface area contributed by atoms with E-state index in [1.807, 2.05) is 0 Å². The van der Waals surface area contributed by atoms with Crippen LogP contribution in [0.2, 0.25) is 0 Å². The molecule has 5 rings (SSSR count). The molecule has 1 spiro atoms. The van der Waals surface area contributed by atoms with Crippen molar-refractivity contribution in [1.29, 1.82) is 0 Å². The molecule has 26 heavy (non-hydrogen) atoms. The van der Waals surface area contributed by atoms with E-state index in [0.29, 0.717) is 17.8 Å². The molecule has 0 nitrogen and oxygen atoms in total. The van der Waals surface area contributed by atoms with Crippen LogP contribution in [0.1, 0.15) is 74.8 Å². The number of aryl methyl sites for hydroxylation is 1. The first-order valence-electron chi connectivity index (χ1n) is 10.5. The Kier molecular flexibility index (Phi) is 3.36. The zero-order chi connectivity index (χ0) is 18.2. The van der Waals surface area contributed by atoms with Crippen LogP contribution >= 0.6 is 0 Å². The van der Waals surface area contributed by atoms with Gasteiger partial charge in [0.25, 0.3) is 0 Å². The summed E-state index contributed by atoms with van der Waals surface area (Å²) in [5.41, 5.74) is 11.4. The molecule has 0 bridgehead atoms. The van der Waals surface area contributed by atoms with Crippen molar-refractivity contribution in [2.45, 2.75) is 58.8 Å². The molecule has 3 aliphatic carbocycles. The van der Waals surface area contributed by atoms with E-state index in [9.17, 15) is 0 Å². The molecule has 0 saturated carbocycles. The normalized spacial score (nSPS) is 34.3. The summed E-state index contributed by atoms with van der Waals surface area (Å²) in [7, 11) is 0. The molecule has 0 aliphatic heterocycles. The maximum atomic E-state index is 2.55. The van der Waals surface area contributed by atoms with Crippen molar-refractivity contribution in [1.82, 2.24) is 0 Å². The molecular formula is C26H30. The third-order valence-electron chi connectivity index (χ3n) is 8.14. The van der Waals surface area contributed by atoms with E-state index >= 15 is 0 Å². The third-order valence-corrected chi connectivity index (χ3v) is 8.14. The van der Waals surface area contributed by atoms with Crippen LogP contribution < -0.4 is 0 Å². The monoisotopic (exact) mass is 342 g/mol. The summed E-state index contributed by atoms with van der Waals surface area (Å²) in [4.78, 5) is 0. The lowest BCUT2D eigenvalue weighted by Crippen LogP contribution is -2.35. The Balaban J connectivity index is 1.89. The molecule has 0 N–H and O–H groups in total. The summed E-state index contributed by atoms with van der Waals surface area (Å²) in [6, 6.07) is 16.7. The van der Waals surface area contributed by atoms with Gasteiger partial charge in [0, 0.05) is 5.41 Å². The summed E-state index contributed by atoms with van der Waals surface area (Å²) in [5, 5.41) is 0. The maximum absolute atomic E-state index is 2.55. The Morgan fingerprint density at radius 3 is 2.46 bits per heavy atom. The minimum Gasteiger partial charge on any atom is -0.0619 e. The smallest absolute Gasteiger partial charge is 0.0459 e. The predicted octanol–water partition coefficient (Wildman–Crippen LogP) is 6.73. The van der Waals surface area contributed by atoms with E-state index in [4.69, 9.17) is 0 Å². The maximum Gasteiger partial charge on any atom is 0.0459 e. The van der Waals surface area contributed by atoms with Crippen LogP contribution in [0.4, 0.5) is 0 Å². The van der Waals surface area contributed by atoms with E-state index in [0.717, 1.165) is 12.3 Å². The van der Waals surface area contributed by atoms with Crippen LogP contribution in [0.5, 0.6) is 0 Å². The summed E-state index contributed by atoms with van der Waals surface area (Å²) >= 11 is 0. The lowest BCUT2D eigenvalue weighted by molar-refractivity contribution is 0.347. The van der Waals surface area contributed by atoms with Crippen molar-refractivity contribution in [3.63, 3.8) is 0 Å². The van der Waals surface area contributed by atoms with Gasteiger partial charge in [-0.2, -0.15) is 0 Å². The van der Waals surface area contributed by atoms with Gasteiger partial charge in [-0.1, -0.05) is 77.1 Å². The van der Waals surface area contributed by atoms with E-state index in [2.05, 4.69) is 77.1 Å². The van der Waals surface area contributed by atoms with Gasteiger partial charge in [-0.25, -0.2) is 0 Å². The molecule has 0 radical (unpaired) electrons. The Morgan fingerprint density at radius 1 is 0.923 bits per heavy atom. The molecule has 0 saturated heterocycles. The number of hydrogen-bond donors (Lipinski definition) is 0. The molecule has 2 aromatic rings. The quantitative estimate of drug-likeness (QED) is 0.539. The Bertz CT molecular complexity index is 931. The van der Waals surface area contributed by atoms with Gasteiger partial charge < -0.3 is 0 Å². The third kappa shape index (κ3) is 1.71. The second kappa shape index (κ2) is 5.35. The highest BCUT2D eigenvalue weighted by molar-refractivity contribution is 5.86. The Labute approximate surface area is 158 Å². The van der Waals surface area contributed by atoms with Crippen molar-refractivity contribution >= 4 is 5.57 Å². The lowest BCUT2D eigenvalue weighted by Gasteiger charge is -2.39. The summed E-state index contributed by atoms with van der Waals surface area (Å²) in [6.07, 6.45) is 2.37. The SMILES string of the molecule is CCc1ccc2c(c1)C1(C3=C(C[C@H](C)[C@@H]3C)c3ccccc31)[C@H](C)[C@@H]2C. The molecule has 0 heteroatoms. The Hall–Kier alpha value is -1.82. The topological polar surface area (TPSA) is 0 Å². The molecule has 3 aliphatic rings. The zero-order valence-corrected chi connectivity index (χ0v) is 16.8. The predicted molar refractivity (Wildman–Crippen MR) is 110 cm³/mol. The van der Waals surface area contributed by atoms with Gasteiger partial charge in [0.05, 0.1) is 0 Å². The minimum atomic E-state index is 0.107. The van der Waals surface area contributed by atoms with Gasteiger partial charge in [-0.3, -0.25) is 0 Å². The standard InChI is InChI=1S/C26H30/c1-6-19-11-12-20-17(4)18(5)26(24(20)14-19)23-10-8-7-9-21(23)22-13-15(2)16(3)25(22)26/h7-12,14-18H,6,13H2,1-5H3/t15-,16-,17-,18+,26?/m0/s1. The van der Waals surface area contributed by atoms with Crippen LogP contribution in [0, 0.1) is 17.8 Å². The average Bonchev–Trinajstić information content (AvgIpc) is 3.20. The fourth-order valence-electron chi connectivity index (χ4n) is 6.49. The number of rotatable bonds is 1. The van der Waals surface area contributed by atoms with Crippen LogP contribution in [0.3, 0.4) is 0 Å². The van der Waals surface area contributed by atoms with Gasteiger partial charge in [-0.05, 0) is 75.5 Å². The van der Waals surface area contributed by atoms with Gasteiger partial charge in [0.2, 0.25) is 0 Å². The van der Waals surface area contributed by atoms with Gasteiger partial charge >= 0.3 is 0 Å². The molecule has 2 aromatic carbocycles.